The first-order valence-electron chi connectivity index (χ1n) is 7.63. The van der Waals surface area contributed by atoms with Crippen molar-refractivity contribution in [3.63, 3.8) is 0 Å². The Bertz CT molecular complexity index is 659. The van der Waals surface area contributed by atoms with E-state index in [0.717, 1.165) is 5.56 Å². The van der Waals surface area contributed by atoms with Gasteiger partial charge >= 0.3 is 5.97 Å². The van der Waals surface area contributed by atoms with Gasteiger partial charge in [-0.3, -0.25) is 9.59 Å². The van der Waals surface area contributed by atoms with Crippen LogP contribution < -0.4 is 0 Å². The minimum absolute atomic E-state index is 0.110. The summed E-state index contributed by atoms with van der Waals surface area (Å²) < 4.78 is 9.17. The molecule has 1 aromatic carbocycles. The molecule has 1 rings (SSSR count). The van der Waals surface area contributed by atoms with Gasteiger partial charge in [-0.15, -0.1) is 0 Å². The highest BCUT2D eigenvalue weighted by Gasteiger charge is 2.43. The van der Waals surface area contributed by atoms with Crippen LogP contribution in [0.15, 0.2) is 30.3 Å². The molecule has 0 N–H and O–H groups in total. The number of hydrogen-bond acceptors (Lipinski definition) is 7. The third-order valence-corrected chi connectivity index (χ3v) is 5.45. The molecule has 0 aliphatic rings. The average molecular weight is 380 g/mol. The normalized spacial score (nSPS) is 15.1. The van der Waals surface area contributed by atoms with E-state index in [4.69, 9.17) is 21.7 Å². The van der Waals surface area contributed by atoms with Crippen molar-refractivity contribution in [1.29, 1.82) is 5.26 Å². The minimum atomic E-state index is -1.03. The molecule has 134 valence electrons. The van der Waals surface area contributed by atoms with Crippen molar-refractivity contribution in [2.45, 2.75) is 31.4 Å². The molecule has 25 heavy (non-hydrogen) atoms. The molecule has 0 aromatic heterocycles. The van der Waals surface area contributed by atoms with E-state index in [1.165, 1.54) is 18.9 Å². The Hall–Kier alpha value is -1.91. The molecule has 0 saturated heterocycles. The number of rotatable bonds is 9. The topological polar surface area (TPSA) is 76.4 Å². The fraction of sp³-hybridized carbons (Fsp3) is 0.444. The summed E-state index contributed by atoms with van der Waals surface area (Å²) in [6.45, 7) is 3.90. The molecular formula is C18H21NO4S2. The lowest BCUT2D eigenvalue weighted by Crippen LogP contribution is -2.39. The van der Waals surface area contributed by atoms with E-state index in [9.17, 15) is 14.9 Å². The third kappa shape index (κ3) is 6.15. The van der Waals surface area contributed by atoms with Gasteiger partial charge in [0, 0.05) is 0 Å². The molecule has 0 amide bonds. The number of nitrogens with zero attached hydrogens (tertiary/aromatic N) is 1. The zero-order valence-electron chi connectivity index (χ0n) is 14.5. The maximum Gasteiger partial charge on any atom is 0.322 e. The lowest BCUT2D eigenvalue weighted by Gasteiger charge is -2.33. The van der Waals surface area contributed by atoms with Gasteiger partial charge < -0.3 is 9.47 Å². The average Bonchev–Trinajstić information content (AvgIpc) is 2.61. The number of carbonyl (C=O) groups excluding carboxylic acids is 2. The Balaban J connectivity index is 3.01. The largest absolute Gasteiger partial charge is 0.468 e. The lowest BCUT2D eigenvalue weighted by molar-refractivity contribution is -0.144. The van der Waals surface area contributed by atoms with Crippen molar-refractivity contribution in [1.82, 2.24) is 0 Å². The molecule has 2 atom stereocenters. The van der Waals surface area contributed by atoms with E-state index in [1.54, 1.807) is 13.8 Å². The zero-order valence-corrected chi connectivity index (χ0v) is 16.1. The number of nitriles is 1. The number of thiocarbonyl (C=S) groups is 1. The van der Waals surface area contributed by atoms with E-state index in [1.807, 2.05) is 30.3 Å². The molecule has 5 nitrogen and oxygen atoms in total. The molecule has 0 aliphatic carbocycles. The van der Waals surface area contributed by atoms with Crippen LogP contribution in [0.1, 0.15) is 32.3 Å². The van der Waals surface area contributed by atoms with E-state index in [-0.39, 0.29) is 13.0 Å². The standard InChI is InChI=1S/C18H21NO4S2/c1-17(12-19,9-10-23-13-20)11-18(2,16(21)22-3)25-15(24)14-7-5-4-6-8-14/h4-8,13H,9-11H2,1-3H3. The summed E-state index contributed by atoms with van der Waals surface area (Å²) in [5.74, 6) is -0.450. The molecule has 0 fully saturated rings. The number of hydrogen-bond donors (Lipinski definition) is 0. The van der Waals surface area contributed by atoms with Crippen LogP contribution >= 0.6 is 24.0 Å². The van der Waals surface area contributed by atoms with Crippen LogP contribution in [0.3, 0.4) is 0 Å². The van der Waals surface area contributed by atoms with Gasteiger partial charge in [0.05, 0.1) is 29.4 Å². The molecule has 1 aromatic rings. The number of thioether (sulfide) groups is 1. The van der Waals surface area contributed by atoms with Crippen molar-refractivity contribution < 1.29 is 19.1 Å². The number of methoxy groups -OCH3 is 1. The predicted octanol–water partition coefficient (Wildman–Crippen LogP) is 3.51. The van der Waals surface area contributed by atoms with Crippen LogP contribution in [0.4, 0.5) is 0 Å². The van der Waals surface area contributed by atoms with Gasteiger partial charge in [0.15, 0.2) is 0 Å². The number of ether oxygens (including phenoxy) is 2. The van der Waals surface area contributed by atoms with Crippen molar-refractivity contribution in [3.8, 4) is 6.07 Å². The van der Waals surface area contributed by atoms with Crippen molar-refractivity contribution in [2.75, 3.05) is 13.7 Å². The second-order valence-corrected chi connectivity index (χ2v) is 8.22. The van der Waals surface area contributed by atoms with Crippen molar-refractivity contribution in [3.05, 3.63) is 35.9 Å². The molecule has 0 bridgehead atoms. The highest BCUT2D eigenvalue weighted by atomic mass is 32.2. The molecule has 0 aliphatic heterocycles. The van der Waals surface area contributed by atoms with E-state index in [0.29, 0.717) is 17.1 Å². The van der Waals surface area contributed by atoms with Crippen LogP contribution in [0.25, 0.3) is 0 Å². The highest BCUT2D eigenvalue weighted by Crippen LogP contribution is 2.41. The summed E-state index contributed by atoms with van der Waals surface area (Å²) in [5, 5.41) is 9.57. The van der Waals surface area contributed by atoms with E-state index < -0.39 is 16.1 Å². The Labute approximate surface area is 157 Å². The summed E-state index contributed by atoms with van der Waals surface area (Å²) in [6.07, 6.45) is 0.524. The summed E-state index contributed by atoms with van der Waals surface area (Å²) >= 11 is 6.68. The summed E-state index contributed by atoms with van der Waals surface area (Å²) in [5.41, 5.74) is -0.0359. The van der Waals surface area contributed by atoms with E-state index >= 15 is 0 Å². The highest BCUT2D eigenvalue weighted by molar-refractivity contribution is 8.25. The first-order valence-corrected chi connectivity index (χ1v) is 8.86. The van der Waals surface area contributed by atoms with Crippen molar-refractivity contribution >= 4 is 40.6 Å². The van der Waals surface area contributed by atoms with Gasteiger partial charge in [0.2, 0.25) is 0 Å². The Morgan fingerprint density at radius 1 is 1.36 bits per heavy atom. The SMILES string of the molecule is COC(=O)C(C)(CC(C)(C#N)CCOC=O)SC(=S)c1ccccc1. The molecule has 0 saturated carbocycles. The zero-order chi connectivity index (χ0) is 18.9. The molecular weight excluding hydrogens is 358 g/mol. The quantitative estimate of drug-likeness (QED) is 0.281. The van der Waals surface area contributed by atoms with Gasteiger partial charge in [-0.25, -0.2) is 0 Å². The molecule has 7 heteroatoms. The predicted molar refractivity (Wildman–Crippen MR) is 101 cm³/mol. The van der Waals surface area contributed by atoms with Gasteiger partial charge in [-0.1, -0.05) is 54.3 Å². The van der Waals surface area contributed by atoms with Crippen LogP contribution in [-0.4, -0.2) is 35.1 Å². The molecule has 0 spiro atoms. The van der Waals surface area contributed by atoms with Gasteiger partial charge in [0.1, 0.15) is 4.75 Å². The second kappa shape index (κ2) is 9.54. The maximum atomic E-state index is 12.4. The van der Waals surface area contributed by atoms with Gasteiger partial charge in [-0.2, -0.15) is 5.26 Å². The molecule has 0 radical (unpaired) electrons. The fourth-order valence-corrected chi connectivity index (χ4v) is 4.37. The second-order valence-electron chi connectivity index (χ2n) is 6.04. The van der Waals surface area contributed by atoms with Crippen LogP contribution in [0, 0.1) is 16.7 Å². The lowest BCUT2D eigenvalue weighted by atomic mass is 9.80. The number of benzene rings is 1. The summed E-state index contributed by atoms with van der Waals surface area (Å²) in [6, 6.07) is 11.6. The number of carbonyl (C=O) groups is 2. The first-order chi connectivity index (χ1) is 11.8. The summed E-state index contributed by atoms with van der Waals surface area (Å²) in [7, 11) is 1.31. The summed E-state index contributed by atoms with van der Waals surface area (Å²) in [4.78, 5) is 22.7. The van der Waals surface area contributed by atoms with E-state index in [2.05, 4.69) is 6.07 Å². The Morgan fingerprint density at radius 2 is 2.00 bits per heavy atom. The Kier molecular flexibility index (Phi) is 8.07. The fourth-order valence-electron chi connectivity index (χ4n) is 2.46. The van der Waals surface area contributed by atoms with Gasteiger partial charge in [0.25, 0.3) is 6.47 Å². The van der Waals surface area contributed by atoms with Gasteiger partial charge in [-0.05, 0) is 32.3 Å². The molecule has 2 unspecified atom stereocenters. The first kappa shape index (κ1) is 21.1. The Morgan fingerprint density at radius 3 is 2.52 bits per heavy atom. The smallest absolute Gasteiger partial charge is 0.322 e. The van der Waals surface area contributed by atoms with Crippen molar-refractivity contribution in [2.24, 2.45) is 5.41 Å². The maximum absolute atomic E-state index is 12.4. The van der Waals surface area contributed by atoms with Crippen LogP contribution in [-0.2, 0) is 19.1 Å². The monoisotopic (exact) mass is 379 g/mol. The molecule has 0 heterocycles. The third-order valence-electron chi connectivity index (χ3n) is 3.78. The van der Waals surface area contributed by atoms with Crippen LogP contribution in [0.5, 0.6) is 0 Å². The number of esters is 1. The van der Waals surface area contributed by atoms with Crippen LogP contribution in [0.2, 0.25) is 0 Å². The minimum Gasteiger partial charge on any atom is -0.468 e.